The topological polar surface area (TPSA) is 66.4 Å². The van der Waals surface area contributed by atoms with Crippen LogP contribution in [0.25, 0.3) is 0 Å². The van der Waals surface area contributed by atoms with E-state index in [0.29, 0.717) is 12.5 Å². The van der Waals surface area contributed by atoms with Crippen LogP contribution in [0.15, 0.2) is 29.2 Å². The van der Waals surface area contributed by atoms with Crippen molar-refractivity contribution in [2.75, 3.05) is 6.54 Å². The molecule has 1 rings (SSSR count). The number of carbonyl (C=O) groups is 2. The molecule has 1 aromatic carbocycles. The minimum absolute atomic E-state index is 0.0240. The van der Waals surface area contributed by atoms with E-state index in [9.17, 15) is 9.59 Å². The number of aliphatic carboxylic acids is 1. The number of hydrogen-bond acceptors (Lipinski definition) is 3. The Kier molecular flexibility index (Phi) is 7.29. The van der Waals surface area contributed by atoms with Crippen LogP contribution < -0.4 is 5.32 Å². The monoisotopic (exact) mass is 309 g/mol. The van der Waals surface area contributed by atoms with Crippen molar-refractivity contribution in [1.29, 1.82) is 0 Å². The van der Waals surface area contributed by atoms with Crippen LogP contribution >= 0.6 is 11.8 Å². The van der Waals surface area contributed by atoms with Crippen LogP contribution in [0.5, 0.6) is 0 Å². The normalized spacial score (nSPS) is 12.2. The molecular formula is C16H23NO3S. The molecule has 1 atom stereocenters. The Morgan fingerprint density at radius 1 is 1.19 bits per heavy atom. The summed E-state index contributed by atoms with van der Waals surface area (Å²) in [6, 6.07) is 7.31. The number of carboxylic acids is 1. The summed E-state index contributed by atoms with van der Waals surface area (Å²) in [6.07, 6.45) is 1.00. The van der Waals surface area contributed by atoms with E-state index in [1.54, 1.807) is 12.1 Å². The van der Waals surface area contributed by atoms with Crippen molar-refractivity contribution >= 4 is 23.6 Å². The summed E-state index contributed by atoms with van der Waals surface area (Å²) in [4.78, 5) is 23.5. The summed E-state index contributed by atoms with van der Waals surface area (Å²) in [5.41, 5.74) is 0.765. The van der Waals surface area contributed by atoms with Gasteiger partial charge in [0.2, 0.25) is 5.91 Å². The van der Waals surface area contributed by atoms with E-state index >= 15 is 0 Å². The fourth-order valence-corrected chi connectivity index (χ4v) is 2.64. The lowest BCUT2D eigenvalue weighted by Crippen LogP contribution is -2.32. The highest BCUT2D eigenvalue weighted by Gasteiger charge is 2.14. The summed E-state index contributed by atoms with van der Waals surface area (Å²) in [7, 11) is 0. The average molecular weight is 309 g/mol. The third kappa shape index (κ3) is 7.18. The van der Waals surface area contributed by atoms with Crippen molar-refractivity contribution in [2.45, 2.75) is 43.8 Å². The van der Waals surface area contributed by atoms with E-state index in [1.807, 2.05) is 19.1 Å². The zero-order chi connectivity index (χ0) is 15.8. The second-order valence-corrected chi connectivity index (χ2v) is 6.86. The van der Waals surface area contributed by atoms with E-state index in [1.165, 1.54) is 11.8 Å². The number of benzene rings is 1. The fourth-order valence-electron chi connectivity index (χ4n) is 1.75. The maximum absolute atomic E-state index is 11.9. The SMILES string of the molecule is CC(C)CCNC(=O)C(C)Sc1ccc(CC(=O)O)cc1. The average Bonchev–Trinajstić information content (AvgIpc) is 2.39. The number of rotatable bonds is 8. The smallest absolute Gasteiger partial charge is 0.307 e. The molecule has 0 heterocycles. The molecule has 1 amide bonds. The molecule has 2 N–H and O–H groups in total. The quantitative estimate of drug-likeness (QED) is 0.725. The molecule has 0 fully saturated rings. The number of nitrogens with one attached hydrogen (secondary N) is 1. The maximum atomic E-state index is 11.9. The number of hydrogen-bond donors (Lipinski definition) is 2. The molecule has 1 aromatic rings. The van der Waals surface area contributed by atoms with Gasteiger partial charge in [0.15, 0.2) is 0 Å². The van der Waals surface area contributed by atoms with Gasteiger partial charge in [-0.1, -0.05) is 26.0 Å². The Morgan fingerprint density at radius 2 is 1.81 bits per heavy atom. The van der Waals surface area contributed by atoms with Crippen LogP contribution in [0.3, 0.4) is 0 Å². The largest absolute Gasteiger partial charge is 0.481 e. The minimum atomic E-state index is -0.840. The van der Waals surface area contributed by atoms with E-state index in [0.717, 1.165) is 16.9 Å². The van der Waals surface area contributed by atoms with Gasteiger partial charge in [0.1, 0.15) is 0 Å². The first-order chi connectivity index (χ1) is 9.88. The van der Waals surface area contributed by atoms with E-state index in [2.05, 4.69) is 19.2 Å². The van der Waals surface area contributed by atoms with Crippen LogP contribution in [0.2, 0.25) is 0 Å². The van der Waals surface area contributed by atoms with Gasteiger partial charge in [-0.05, 0) is 37.0 Å². The third-order valence-electron chi connectivity index (χ3n) is 2.98. The second-order valence-electron chi connectivity index (χ2n) is 5.45. The lowest BCUT2D eigenvalue weighted by Gasteiger charge is -2.13. The first-order valence-electron chi connectivity index (χ1n) is 7.13. The van der Waals surface area contributed by atoms with Crippen molar-refractivity contribution in [3.63, 3.8) is 0 Å². The molecule has 4 nitrogen and oxygen atoms in total. The standard InChI is InChI=1S/C16H23NO3S/c1-11(2)8-9-17-16(20)12(3)21-14-6-4-13(5-7-14)10-15(18)19/h4-7,11-12H,8-10H2,1-3H3,(H,17,20)(H,18,19). The van der Waals surface area contributed by atoms with E-state index in [4.69, 9.17) is 5.11 Å². The maximum Gasteiger partial charge on any atom is 0.307 e. The Labute approximate surface area is 130 Å². The van der Waals surface area contributed by atoms with Gasteiger partial charge in [-0.3, -0.25) is 9.59 Å². The molecule has 0 spiro atoms. The van der Waals surface area contributed by atoms with Gasteiger partial charge in [0, 0.05) is 11.4 Å². The predicted octanol–water partition coefficient (Wildman–Crippen LogP) is 2.96. The van der Waals surface area contributed by atoms with Crippen molar-refractivity contribution in [2.24, 2.45) is 5.92 Å². The first kappa shape index (κ1) is 17.6. The number of thioether (sulfide) groups is 1. The van der Waals surface area contributed by atoms with Crippen LogP contribution in [-0.2, 0) is 16.0 Å². The Hall–Kier alpha value is -1.49. The summed E-state index contributed by atoms with van der Waals surface area (Å²) >= 11 is 1.48. The van der Waals surface area contributed by atoms with Crippen molar-refractivity contribution in [3.8, 4) is 0 Å². The summed E-state index contributed by atoms with van der Waals surface area (Å²) in [6.45, 7) is 6.84. The van der Waals surface area contributed by atoms with Gasteiger partial charge in [-0.2, -0.15) is 0 Å². The molecule has 1 unspecified atom stereocenters. The highest BCUT2D eigenvalue weighted by atomic mass is 32.2. The second kappa shape index (κ2) is 8.72. The summed E-state index contributed by atoms with van der Waals surface area (Å²) < 4.78 is 0. The molecule has 0 saturated carbocycles. The van der Waals surface area contributed by atoms with Gasteiger partial charge in [-0.15, -0.1) is 11.8 Å². The number of carbonyl (C=O) groups excluding carboxylic acids is 1. The molecule has 0 aliphatic carbocycles. The van der Waals surface area contributed by atoms with Gasteiger partial charge < -0.3 is 10.4 Å². The zero-order valence-electron chi connectivity index (χ0n) is 12.8. The molecule has 0 aromatic heterocycles. The van der Waals surface area contributed by atoms with Crippen molar-refractivity contribution in [1.82, 2.24) is 5.32 Å². The highest BCUT2D eigenvalue weighted by Crippen LogP contribution is 2.23. The molecule has 116 valence electrons. The summed E-state index contributed by atoms with van der Waals surface area (Å²) in [5.74, 6) is -0.224. The first-order valence-corrected chi connectivity index (χ1v) is 8.01. The fraction of sp³-hybridized carbons (Fsp3) is 0.500. The van der Waals surface area contributed by atoms with Gasteiger partial charge in [0.05, 0.1) is 11.7 Å². The van der Waals surface area contributed by atoms with Gasteiger partial charge in [0.25, 0.3) is 0 Å². The molecule has 21 heavy (non-hydrogen) atoms. The molecule has 0 saturated heterocycles. The zero-order valence-corrected chi connectivity index (χ0v) is 13.6. The number of carboxylic acid groups (broad SMARTS) is 1. The predicted molar refractivity (Wildman–Crippen MR) is 85.6 cm³/mol. The summed E-state index contributed by atoms with van der Waals surface area (Å²) in [5, 5.41) is 11.5. The number of amides is 1. The van der Waals surface area contributed by atoms with Crippen LogP contribution in [0, 0.1) is 5.92 Å². The lowest BCUT2D eigenvalue weighted by molar-refractivity contribution is -0.136. The molecule has 0 bridgehead atoms. The van der Waals surface area contributed by atoms with Gasteiger partial charge >= 0.3 is 5.97 Å². The minimum Gasteiger partial charge on any atom is -0.481 e. The Bertz CT molecular complexity index is 471. The molecule has 0 aliphatic rings. The van der Waals surface area contributed by atoms with E-state index < -0.39 is 5.97 Å². The van der Waals surface area contributed by atoms with Crippen molar-refractivity contribution in [3.05, 3.63) is 29.8 Å². The van der Waals surface area contributed by atoms with Gasteiger partial charge in [-0.25, -0.2) is 0 Å². The molecule has 5 heteroatoms. The Morgan fingerprint density at radius 3 is 2.33 bits per heavy atom. The third-order valence-corrected chi connectivity index (χ3v) is 4.09. The molecule has 0 radical (unpaired) electrons. The van der Waals surface area contributed by atoms with E-state index in [-0.39, 0.29) is 17.6 Å². The van der Waals surface area contributed by atoms with Crippen molar-refractivity contribution < 1.29 is 14.7 Å². The van der Waals surface area contributed by atoms with Crippen LogP contribution in [0.4, 0.5) is 0 Å². The Balaban J connectivity index is 2.44. The lowest BCUT2D eigenvalue weighted by atomic mass is 10.1. The van der Waals surface area contributed by atoms with Crippen LogP contribution in [-0.4, -0.2) is 28.8 Å². The highest BCUT2D eigenvalue weighted by molar-refractivity contribution is 8.00. The molecular weight excluding hydrogens is 286 g/mol. The molecule has 0 aliphatic heterocycles. The van der Waals surface area contributed by atoms with Crippen LogP contribution in [0.1, 0.15) is 32.8 Å².